The first-order chi connectivity index (χ1) is 9.81. The van der Waals surface area contributed by atoms with Crippen molar-refractivity contribution in [2.24, 2.45) is 0 Å². The SMILES string of the molecule is O=C(CCCCBr)Nc1ccccc1-c1ccccc1. The first kappa shape index (κ1) is 14.8. The number of halogens is 1. The predicted octanol–water partition coefficient (Wildman–Crippen LogP) is 4.86. The average Bonchev–Trinajstić information content (AvgIpc) is 2.49. The van der Waals surface area contributed by atoms with E-state index in [2.05, 4.69) is 33.4 Å². The van der Waals surface area contributed by atoms with Crippen molar-refractivity contribution >= 4 is 27.5 Å². The van der Waals surface area contributed by atoms with Crippen molar-refractivity contribution in [3.8, 4) is 11.1 Å². The van der Waals surface area contributed by atoms with Crippen LogP contribution in [0.15, 0.2) is 54.6 Å². The van der Waals surface area contributed by atoms with Gasteiger partial charge in [-0.1, -0.05) is 64.5 Å². The molecule has 0 heterocycles. The quantitative estimate of drug-likeness (QED) is 0.594. The van der Waals surface area contributed by atoms with Gasteiger partial charge in [0.25, 0.3) is 0 Å². The maximum absolute atomic E-state index is 11.9. The van der Waals surface area contributed by atoms with E-state index in [1.54, 1.807) is 0 Å². The molecule has 0 saturated heterocycles. The van der Waals surface area contributed by atoms with Crippen molar-refractivity contribution < 1.29 is 4.79 Å². The zero-order valence-corrected chi connectivity index (χ0v) is 12.9. The van der Waals surface area contributed by atoms with Crippen molar-refractivity contribution in [3.63, 3.8) is 0 Å². The van der Waals surface area contributed by atoms with Gasteiger partial charge in [-0.3, -0.25) is 4.79 Å². The zero-order valence-electron chi connectivity index (χ0n) is 11.3. The van der Waals surface area contributed by atoms with E-state index >= 15 is 0 Å². The van der Waals surface area contributed by atoms with Gasteiger partial charge in [-0.05, 0) is 24.5 Å². The molecule has 0 saturated carbocycles. The van der Waals surface area contributed by atoms with E-state index in [0.29, 0.717) is 6.42 Å². The molecule has 0 bridgehead atoms. The fraction of sp³-hybridized carbons (Fsp3) is 0.235. The van der Waals surface area contributed by atoms with E-state index in [1.165, 1.54) is 0 Å². The van der Waals surface area contributed by atoms with Crippen LogP contribution in [-0.4, -0.2) is 11.2 Å². The number of carbonyl (C=O) groups excluding carboxylic acids is 1. The Kier molecular flexibility index (Phi) is 5.81. The average molecular weight is 332 g/mol. The highest BCUT2D eigenvalue weighted by Gasteiger charge is 2.07. The summed E-state index contributed by atoms with van der Waals surface area (Å²) in [5.74, 6) is 0.0781. The van der Waals surface area contributed by atoms with E-state index in [-0.39, 0.29) is 5.91 Å². The Morgan fingerprint density at radius 3 is 2.40 bits per heavy atom. The van der Waals surface area contributed by atoms with Crippen LogP contribution in [0.2, 0.25) is 0 Å². The number of rotatable bonds is 6. The Morgan fingerprint density at radius 2 is 1.65 bits per heavy atom. The summed E-state index contributed by atoms with van der Waals surface area (Å²) in [4.78, 5) is 11.9. The van der Waals surface area contributed by atoms with Crippen molar-refractivity contribution in [3.05, 3.63) is 54.6 Å². The largest absolute Gasteiger partial charge is 0.326 e. The Bertz CT molecular complexity index is 554. The molecule has 0 aliphatic rings. The lowest BCUT2D eigenvalue weighted by Gasteiger charge is -2.11. The lowest BCUT2D eigenvalue weighted by Crippen LogP contribution is -2.11. The number of amides is 1. The summed E-state index contributed by atoms with van der Waals surface area (Å²) in [5, 5.41) is 3.96. The van der Waals surface area contributed by atoms with Gasteiger partial charge in [0, 0.05) is 23.0 Å². The number of anilines is 1. The summed E-state index contributed by atoms with van der Waals surface area (Å²) in [6, 6.07) is 18.0. The summed E-state index contributed by atoms with van der Waals surface area (Å²) in [6.45, 7) is 0. The van der Waals surface area contributed by atoms with E-state index in [0.717, 1.165) is 35.0 Å². The van der Waals surface area contributed by atoms with Crippen molar-refractivity contribution in [2.75, 3.05) is 10.6 Å². The first-order valence-electron chi connectivity index (χ1n) is 6.81. The molecular weight excluding hydrogens is 314 g/mol. The minimum absolute atomic E-state index is 0.0781. The summed E-state index contributed by atoms with van der Waals surface area (Å²) in [6.07, 6.45) is 2.49. The molecule has 104 valence electrons. The monoisotopic (exact) mass is 331 g/mol. The van der Waals surface area contributed by atoms with Crippen LogP contribution in [0.3, 0.4) is 0 Å². The lowest BCUT2D eigenvalue weighted by atomic mass is 10.0. The van der Waals surface area contributed by atoms with Gasteiger partial charge in [0.2, 0.25) is 5.91 Å². The fourth-order valence-electron chi connectivity index (χ4n) is 2.05. The van der Waals surface area contributed by atoms with Crippen molar-refractivity contribution in [1.29, 1.82) is 0 Å². The summed E-state index contributed by atoms with van der Waals surface area (Å²) < 4.78 is 0. The van der Waals surface area contributed by atoms with Crippen LogP contribution in [0, 0.1) is 0 Å². The van der Waals surface area contributed by atoms with Gasteiger partial charge in [-0.25, -0.2) is 0 Å². The van der Waals surface area contributed by atoms with Crippen LogP contribution in [-0.2, 0) is 4.79 Å². The molecule has 2 rings (SSSR count). The van der Waals surface area contributed by atoms with Gasteiger partial charge < -0.3 is 5.32 Å². The van der Waals surface area contributed by atoms with Crippen LogP contribution >= 0.6 is 15.9 Å². The summed E-state index contributed by atoms with van der Waals surface area (Å²) >= 11 is 3.38. The second kappa shape index (κ2) is 7.85. The summed E-state index contributed by atoms with van der Waals surface area (Å²) in [5.41, 5.74) is 3.05. The van der Waals surface area contributed by atoms with Crippen LogP contribution in [0.1, 0.15) is 19.3 Å². The third kappa shape index (κ3) is 4.20. The number of alkyl halides is 1. The molecule has 0 unspecified atom stereocenters. The highest BCUT2D eigenvalue weighted by Crippen LogP contribution is 2.27. The Hall–Kier alpha value is -1.61. The first-order valence-corrected chi connectivity index (χ1v) is 7.93. The third-order valence-corrected chi connectivity index (χ3v) is 3.63. The van der Waals surface area contributed by atoms with Crippen LogP contribution in [0.5, 0.6) is 0 Å². The van der Waals surface area contributed by atoms with Gasteiger partial charge in [0.05, 0.1) is 0 Å². The molecule has 1 amide bonds. The molecule has 1 N–H and O–H groups in total. The van der Waals surface area contributed by atoms with E-state index < -0.39 is 0 Å². The molecule has 0 fully saturated rings. The highest BCUT2D eigenvalue weighted by atomic mass is 79.9. The Labute approximate surface area is 128 Å². The van der Waals surface area contributed by atoms with Crippen LogP contribution < -0.4 is 5.32 Å². The maximum Gasteiger partial charge on any atom is 0.224 e. The normalized spacial score (nSPS) is 10.2. The fourth-order valence-corrected chi connectivity index (χ4v) is 2.45. The molecule has 0 radical (unpaired) electrons. The standard InChI is InChI=1S/C17H18BrNO/c18-13-7-6-12-17(20)19-16-11-5-4-10-15(16)14-8-2-1-3-9-14/h1-5,8-11H,6-7,12-13H2,(H,19,20). The molecule has 0 spiro atoms. The Balaban J connectivity index is 2.11. The van der Waals surface area contributed by atoms with Gasteiger partial charge in [-0.2, -0.15) is 0 Å². The molecule has 2 aromatic rings. The third-order valence-electron chi connectivity index (χ3n) is 3.07. The van der Waals surface area contributed by atoms with Gasteiger partial charge in [-0.15, -0.1) is 0 Å². The number of benzene rings is 2. The zero-order chi connectivity index (χ0) is 14.2. The molecule has 0 aromatic heterocycles. The lowest BCUT2D eigenvalue weighted by molar-refractivity contribution is -0.116. The smallest absolute Gasteiger partial charge is 0.224 e. The highest BCUT2D eigenvalue weighted by molar-refractivity contribution is 9.09. The minimum Gasteiger partial charge on any atom is -0.326 e. The molecule has 0 aliphatic heterocycles. The number of para-hydroxylation sites is 1. The van der Waals surface area contributed by atoms with Gasteiger partial charge in [0.15, 0.2) is 0 Å². The van der Waals surface area contributed by atoms with Crippen LogP contribution in [0.4, 0.5) is 5.69 Å². The molecule has 2 aromatic carbocycles. The number of hydrogen-bond donors (Lipinski definition) is 1. The predicted molar refractivity (Wildman–Crippen MR) is 88.2 cm³/mol. The van der Waals surface area contributed by atoms with E-state index in [1.807, 2.05) is 42.5 Å². The van der Waals surface area contributed by atoms with Crippen molar-refractivity contribution in [1.82, 2.24) is 0 Å². The van der Waals surface area contributed by atoms with E-state index in [4.69, 9.17) is 0 Å². The van der Waals surface area contributed by atoms with Crippen molar-refractivity contribution in [2.45, 2.75) is 19.3 Å². The topological polar surface area (TPSA) is 29.1 Å². The second-order valence-corrected chi connectivity index (χ2v) is 5.40. The van der Waals surface area contributed by atoms with Gasteiger partial charge >= 0.3 is 0 Å². The molecule has 3 heteroatoms. The number of hydrogen-bond acceptors (Lipinski definition) is 1. The molecular formula is C17H18BrNO. The van der Waals surface area contributed by atoms with E-state index in [9.17, 15) is 4.79 Å². The van der Waals surface area contributed by atoms with Gasteiger partial charge in [0.1, 0.15) is 0 Å². The molecule has 2 nitrogen and oxygen atoms in total. The molecule has 20 heavy (non-hydrogen) atoms. The number of unbranched alkanes of at least 4 members (excludes halogenated alkanes) is 1. The molecule has 0 atom stereocenters. The van der Waals surface area contributed by atoms with Crippen LogP contribution in [0.25, 0.3) is 11.1 Å². The Morgan fingerprint density at radius 1 is 0.950 bits per heavy atom. The molecule has 0 aliphatic carbocycles. The summed E-state index contributed by atoms with van der Waals surface area (Å²) in [7, 11) is 0. The number of nitrogens with one attached hydrogen (secondary N) is 1. The minimum atomic E-state index is 0.0781. The number of carbonyl (C=O) groups is 1. The second-order valence-electron chi connectivity index (χ2n) is 4.61. The maximum atomic E-state index is 11.9.